The van der Waals surface area contributed by atoms with Gasteiger partial charge < -0.3 is 10.6 Å². The lowest BCUT2D eigenvalue weighted by Crippen LogP contribution is -2.25. The Kier molecular flexibility index (Phi) is 2.84. The summed E-state index contributed by atoms with van der Waals surface area (Å²) in [6, 6.07) is 1.78. The van der Waals surface area contributed by atoms with Crippen LogP contribution in [0.5, 0.6) is 0 Å². The van der Waals surface area contributed by atoms with Crippen LogP contribution in [0, 0.1) is 18.3 Å². The van der Waals surface area contributed by atoms with Crippen molar-refractivity contribution in [2.24, 2.45) is 5.92 Å². The van der Waals surface area contributed by atoms with Gasteiger partial charge in [0.2, 0.25) is 5.91 Å². The van der Waals surface area contributed by atoms with Gasteiger partial charge in [0.1, 0.15) is 5.82 Å². The normalized spacial score (nSPS) is 19.9. The fourth-order valence-corrected chi connectivity index (χ4v) is 2.03. The lowest BCUT2D eigenvalue weighted by atomic mass is 10.1. The van der Waals surface area contributed by atoms with E-state index in [9.17, 15) is 4.79 Å². The number of hydrogen-bond donors (Lipinski definition) is 1. The van der Waals surface area contributed by atoms with Gasteiger partial charge in [0.05, 0.1) is 5.69 Å². The van der Waals surface area contributed by atoms with E-state index in [0.29, 0.717) is 24.5 Å². The van der Waals surface area contributed by atoms with E-state index in [-0.39, 0.29) is 11.8 Å². The predicted octanol–water partition coefficient (Wildman–Crippen LogP) is 1.41. The summed E-state index contributed by atoms with van der Waals surface area (Å²) >= 11 is 3.30. The molecule has 0 aromatic carbocycles. The minimum Gasteiger partial charge on any atom is -0.382 e. The Labute approximate surface area is 102 Å². The third kappa shape index (κ3) is 1.89. The van der Waals surface area contributed by atoms with E-state index < -0.39 is 0 Å². The summed E-state index contributed by atoms with van der Waals surface area (Å²) in [6.45, 7) is 0.512. The van der Waals surface area contributed by atoms with Crippen LogP contribution in [0.3, 0.4) is 0 Å². The molecule has 2 rings (SSSR count). The summed E-state index contributed by atoms with van der Waals surface area (Å²) in [4.78, 5) is 17.3. The van der Waals surface area contributed by atoms with Gasteiger partial charge in [0.15, 0.2) is 0 Å². The first-order chi connectivity index (χ1) is 7.61. The number of terminal acetylenes is 1. The molecule has 0 aliphatic carbocycles. The molecular weight excluding hydrogens is 270 g/mol. The molecule has 0 radical (unpaired) electrons. The van der Waals surface area contributed by atoms with E-state index >= 15 is 0 Å². The minimum absolute atomic E-state index is 0.00505. The van der Waals surface area contributed by atoms with Gasteiger partial charge in [-0.1, -0.05) is 0 Å². The molecule has 0 spiro atoms. The Morgan fingerprint density at radius 2 is 2.44 bits per heavy atom. The first kappa shape index (κ1) is 11.0. The zero-order chi connectivity index (χ0) is 11.7. The second-order valence-corrected chi connectivity index (χ2v) is 4.55. The summed E-state index contributed by atoms with van der Waals surface area (Å²) in [6.07, 6.45) is 7.29. The van der Waals surface area contributed by atoms with Crippen LogP contribution in [0.2, 0.25) is 0 Å². The predicted molar refractivity (Wildman–Crippen MR) is 65.6 cm³/mol. The zero-order valence-corrected chi connectivity index (χ0v) is 10.1. The molecule has 2 heterocycles. The van der Waals surface area contributed by atoms with Crippen molar-refractivity contribution in [1.29, 1.82) is 0 Å². The molecule has 1 aliphatic heterocycles. The fourth-order valence-electron chi connectivity index (χ4n) is 1.71. The maximum absolute atomic E-state index is 11.7. The number of anilines is 2. The highest BCUT2D eigenvalue weighted by Crippen LogP contribution is 2.30. The van der Waals surface area contributed by atoms with Crippen molar-refractivity contribution in [2.75, 3.05) is 17.2 Å². The molecule has 2 N–H and O–H groups in total. The van der Waals surface area contributed by atoms with Gasteiger partial charge in [-0.3, -0.25) is 4.79 Å². The van der Waals surface area contributed by atoms with E-state index in [2.05, 4.69) is 26.8 Å². The third-order valence-corrected chi connectivity index (χ3v) is 2.95. The number of hydrogen-bond acceptors (Lipinski definition) is 3. The number of halogens is 1. The monoisotopic (exact) mass is 279 g/mol. The number of carbonyl (C=O) groups is 1. The summed E-state index contributed by atoms with van der Waals surface area (Å²) in [5, 5.41) is 0. The van der Waals surface area contributed by atoms with Crippen molar-refractivity contribution >= 4 is 33.3 Å². The van der Waals surface area contributed by atoms with Crippen LogP contribution < -0.4 is 10.6 Å². The highest BCUT2D eigenvalue weighted by atomic mass is 79.9. The lowest BCUT2D eigenvalue weighted by molar-refractivity contribution is -0.117. The molecule has 4 nitrogen and oxygen atoms in total. The molecule has 1 aliphatic rings. The molecule has 16 heavy (non-hydrogen) atoms. The topological polar surface area (TPSA) is 59.2 Å². The molecular formula is C11H10BrN3O. The molecule has 0 saturated carbocycles. The van der Waals surface area contributed by atoms with Crippen molar-refractivity contribution in [2.45, 2.75) is 6.42 Å². The number of nitrogen functional groups attached to an aromatic ring is 1. The average Bonchev–Trinajstić information content (AvgIpc) is 2.63. The van der Waals surface area contributed by atoms with E-state index in [1.54, 1.807) is 17.2 Å². The number of nitrogens with zero attached hydrogens (tertiary/aromatic N) is 2. The molecule has 1 atom stereocenters. The molecule has 82 valence electrons. The highest BCUT2D eigenvalue weighted by Gasteiger charge is 2.30. The van der Waals surface area contributed by atoms with Gasteiger partial charge in [-0.15, -0.1) is 12.3 Å². The summed E-state index contributed by atoms with van der Waals surface area (Å²) < 4.78 is 0.786. The lowest BCUT2D eigenvalue weighted by Gasteiger charge is -2.17. The SMILES string of the molecule is C#CC1CC(=O)N(c2cc(Br)cnc2N)C1. The summed E-state index contributed by atoms with van der Waals surface area (Å²) in [5.41, 5.74) is 6.36. The summed E-state index contributed by atoms with van der Waals surface area (Å²) in [7, 11) is 0. The Morgan fingerprint density at radius 3 is 3.06 bits per heavy atom. The van der Waals surface area contributed by atoms with Crippen LogP contribution in [0.4, 0.5) is 11.5 Å². The first-order valence-corrected chi connectivity index (χ1v) is 5.58. The van der Waals surface area contributed by atoms with E-state index in [1.807, 2.05) is 0 Å². The number of aromatic nitrogens is 1. The van der Waals surface area contributed by atoms with Crippen molar-refractivity contribution < 1.29 is 4.79 Å². The number of amides is 1. The van der Waals surface area contributed by atoms with E-state index in [1.165, 1.54) is 0 Å². The van der Waals surface area contributed by atoms with Crippen LogP contribution >= 0.6 is 15.9 Å². The molecule has 1 aromatic rings. The maximum atomic E-state index is 11.7. The molecule has 1 unspecified atom stereocenters. The smallest absolute Gasteiger partial charge is 0.228 e. The van der Waals surface area contributed by atoms with Crippen molar-refractivity contribution in [1.82, 2.24) is 4.98 Å². The summed E-state index contributed by atoms with van der Waals surface area (Å²) in [5.74, 6) is 2.89. The second-order valence-electron chi connectivity index (χ2n) is 3.63. The molecule has 0 bridgehead atoms. The van der Waals surface area contributed by atoms with Gasteiger partial charge in [0.25, 0.3) is 0 Å². The highest BCUT2D eigenvalue weighted by molar-refractivity contribution is 9.10. The molecule has 1 aromatic heterocycles. The Morgan fingerprint density at radius 1 is 1.69 bits per heavy atom. The number of nitrogens with two attached hydrogens (primary N) is 1. The van der Waals surface area contributed by atoms with Crippen LogP contribution in [0.25, 0.3) is 0 Å². The Hall–Kier alpha value is -1.54. The van der Waals surface area contributed by atoms with Crippen LogP contribution in [0.15, 0.2) is 16.7 Å². The van der Waals surface area contributed by atoms with Crippen molar-refractivity contribution in [3.05, 3.63) is 16.7 Å². The number of rotatable bonds is 1. The average molecular weight is 280 g/mol. The Balaban J connectivity index is 2.35. The van der Waals surface area contributed by atoms with Crippen LogP contribution in [-0.2, 0) is 4.79 Å². The minimum atomic E-state index is -0.0362. The number of pyridine rings is 1. The second kappa shape index (κ2) is 4.14. The van der Waals surface area contributed by atoms with Gasteiger partial charge in [0, 0.05) is 29.6 Å². The van der Waals surface area contributed by atoms with Gasteiger partial charge in [-0.2, -0.15) is 0 Å². The molecule has 5 heteroatoms. The molecule has 1 saturated heterocycles. The fraction of sp³-hybridized carbons (Fsp3) is 0.273. The van der Waals surface area contributed by atoms with Crippen LogP contribution in [0.1, 0.15) is 6.42 Å². The quantitative estimate of drug-likeness (QED) is 0.791. The van der Waals surface area contributed by atoms with Crippen molar-refractivity contribution in [3.8, 4) is 12.3 Å². The zero-order valence-electron chi connectivity index (χ0n) is 8.48. The largest absolute Gasteiger partial charge is 0.382 e. The molecule has 1 amide bonds. The number of carbonyl (C=O) groups excluding carboxylic acids is 1. The maximum Gasteiger partial charge on any atom is 0.228 e. The van der Waals surface area contributed by atoms with Crippen molar-refractivity contribution in [3.63, 3.8) is 0 Å². The van der Waals surface area contributed by atoms with Gasteiger partial charge >= 0.3 is 0 Å². The third-order valence-electron chi connectivity index (χ3n) is 2.52. The van der Waals surface area contributed by atoms with Crippen LogP contribution in [-0.4, -0.2) is 17.4 Å². The van der Waals surface area contributed by atoms with E-state index in [4.69, 9.17) is 12.2 Å². The van der Waals surface area contributed by atoms with Gasteiger partial charge in [-0.25, -0.2) is 4.98 Å². The van der Waals surface area contributed by atoms with Gasteiger partial charge in [-0.05, 0) is 22.0 Å². The first-order valence-electron chi connectivity index (χ1n) is 4.79. The molecule has 1 fully saturated rings. The Bertz CT molecular complexity index is 481. The van der Waals surface area contributed by atoms with E-state index in [0.717, 1.165) is 4.47 Å². The standard InChI is InChI=1S/C11H10BrN3O/c1-2-7-3-10(16)15(6-7)9-4-8(12)5-14-11(9)13/h1,4-5,7H,3,6H2,(H2,13,14).